The van der Waals surface area contributed by atoms with E-state index in [0.717, 1.165) is 7.11 Å². The molecular formula is C22H22O8. The van der Waals surface area contributed by atoms with Crippen molar-refractivity contribution < 1.29 is 39.5 Å². The fourth-order valence-corrected chi connectivity index (χ4v) is 4.94. The summed E-state index contributed by atoms with van der Waals surface area (Å²) in [6, 6.07) is 1.29. The molecule has 158 valence electrons. The van der Waals surface area contributed by atoms with Crippen LogP contribution in [0.2, 0.25) is 0 Å². The fraction of sp³-hybridized carbons (Fsp3) is 0.409. The number of aromatic hydroxyl groups is 1. The average Bonchev–Trinajstić information content (AvgIpc) is 2.70. The molecule has 0 fully saturated rings. The summed E-state index contributed by atoms with van der Waals surface area (Å²) in [4.78, 5) is 38.8. The summed E-state index contributed by atoms with van der Waals surface area (Å²) in [5, 5.41) is 42.8. The normalized spacial score (nSPS) is 32.1. The summed E-state index contributed by atoms with van der Waals surface area (Å²) >= 11 is 0. The number of fused-ring (bicyclic) bond motifs is 3. The third kappa shape index (κ3) is 2.57. The van der Waals surface area contributed by atoms with Gasteiger partial charge in [0.05, 0.1) is 36.2 Å². The zero-order valence-electron chi connectivity index (χ0n) is 16.5. The highest BCUT2D eigenvalue weighted by atomic mass is 16.5. The summed E-state index contributed by atoms with van der Waals surface area (Å²) in [5.41, 5.74) is -2.09. The molecule has 1 aromatic rings. The van der Waals surface area contributed by atoms with E-state index in [-0.39, 0.29) is 40.9 Å². The van der Waals surface area contributed by atoms with Crippen LogP contribution in [0.4, 0.5) is 0 Å². The van der Waals surface area contributed by atoms with Crippen molar-refractivity contribution >= 4 is 17.5 Å². The Hall–Kier alpha value is -2.97. The number of rotatable bonds is 2. The van der Waals surface area contributed by atoms with Crippen molar-refractivity contribution in [1.29, 1.82) is 0 Å². The van der Waals surface area contributed by atoms with Crippen LogP contribution in [0.15, 0.2) is 30.1 Å². The lowest BCUT2D eigenvalue weighted by Crippen LogP contribution is -2.46. The number of phenolic OH excluding ortho intramolecular Hbond substituents is 1. The number of benzene rings is 1. The number of phenols is 1. The zero-order chi connectivity index (χ0) is 22.0. The molecule has 4 rings (SSSR count). The average molecular weight is 414 g/mol. The molecule has 0 bridgehead atoms. The van der Waals surface area contributed by atoms with Crippen molar-refractivity contribution in [2.45, 2.75) is 37.4 Å². The molecule has 8 nitrogen and oxygen atoms in total. The molecule has 0 amide bonds. The van der Waals surface area contributed by atoms with Crippen molar-refractivity contribution in [2.24, 2.45) is 11.8 Å². The minimum atomic E-state index is -1.66. The number of ether oxygens (including phenoxy) is 1. The van der Waals surface area contributed by atoms with Gasteiger partial charge in [0.25, 0.3) is 0 Å². The van der Waals surface area contributed by atoms with Gasteiger partial charge < -0.3 is 25.2 Å². The lowest BCUT2D eigenvalue weighted by molar-refractivity contribution is -0.153. The van der Waals surface area contributed by atoms with Crippen molar-refractivity contribution in [2.75, 3.05) is 7.11 Å². The predicted molar refractivity (Wildman–Crippen MR) is 103 cm³/mol. The predicted octanol–water partition coefficient (Wildman–Crippen LogP) is 1.85. The highest BCUT2D eigenvalue weighted by Gasteiger charge is 2.52. The first-order chi connectivity index (χ1) is 14.2. The maximum absolute atomic E-state index is 13.1. The quantitative estimate of drug-likeness (QED) is 0.537. The van der Waals surface area contributed by atoms with Crippen molar-refractivity contribution in [3.8, 4) is 5.75 Å². The van der Waals surface area contributed by atoms with Crippen molar-refractivity contribution in [1.82, 2.24) is 0 Å². The molecular weight excluding hydrogens is 392 g/mol. The Morgan fingerprint density at radius 1 is 1.27 bits per heavy atom. The van der Waals surface area contributed by atoms with Crippen LogP contribution >= 0.6 is 0 Å². The number of hydrogen-bond donors (Lipinski definition) is 4. The van der Waals surface area contributed by atoms with E-state index in [1.165, 1.54) is 24.3 Å². The number of carbonyl (C=O) groups excluding carboxylic acids is 3. The van der Waals surface area contributed by atoms with Gasteiger partial charge in [-0.1, -0.05) is 19.1 Å². The molecule has 0 radical (unpaired) electrons. The zero-order valence-corrected chi connectivity index (χ0v) is 16.5. The van der Waals surface area contributed by atoms with Crippen LogP contribution in [0, 0.1) is 11.8 Å². The SMILES string of the molecule is CCC1(O)CC(O)c2c(cc3c(c2O)C(=O)C2C(O)=CC=CC2C3=O)C1C(=O)OC. The summed E-state index contributed by atoms with van der Waals surface area (Å²) in [7, 11) is 1.16. The van der Waals surface area contributed by atoms with Gasteiger partial charge in [0.1, 0.15) is 17.4 Å². The Bertz CT molecular complexity index is 1040. The number of carbonyl (C=O) groups is 3. The molecule has 3 aliphatic carbocycles. The molecule has 0 saturated heterocycles. The second kappa shape index (κ2) is 6.78. The lowest BCUT2D eigenvalue weighted by Gasteiger charge is -2.42. The molecule has 0 aliphatic heterocycles. The molecule has 30 heavy (non-hydrogen) atoms. The third-order valence-corrected chi connectivity index (χ3v) is 6.51. The largest absolute Gasteiger partial charge is 0.512 e. The van der Waals surface area contributed by atoms with Crippen LogP contribution in [0.5, 0.6) is 5.75 Å². The van der Waals surface area contributed by atoms with E-state index in [0.29, 0.717) is 0 Å². The van der Waals surface area contributed by atoms with E-state index in [9.17, 15) is 34.8 Å². The van der Waals surface area contributed by atoms with E-state index in [4.69, 9.17) is 4.74 Å². The maximum atomic E-state index is 13.1. The van der Waals surface area contributed by atoms with Crippen LogP contribution in [0.1, 0.15) is 63.6 Å². The summed E-state index contributed by atoms with van der Waals surface area (Å²) in [6.45, 7) is 1.65. The van der Waals surface area contributed by atoms with Gasteiger partial charge in [-0.25, -0.2) is 0 Å². The van der Waals surface area contributed by atoms with Gasteiger partial charge in [-0.3, -0.25) is 14.4 Å². The number of methoxy groups -OCH3 is 1. The minimum absolute atomic E-state index is 0.0559. The van der Waals surface area contributed by atoms with Crippen LogP contribution in [0.25, 0.3) is 0 Å². The molecule has 8 heteroatoms. The Morgan fingerprint density at radius 3 is 2.60 bits per heavy atom. The second-order valence-electron chi connectivity index (χ2n) is 7.99. The molecule has 0 aromatic heterocycles. The standard InChI is InChI=1S/C22H22O8/c1-3-22(29)8-13(24)15-10(17(22)21(28)30-2)7-11-16(20(15)27)19(26)14-9(18(11)25)5-4-6-12(14)23/h4-7,9,13-14,17,23-24,27,29H,3,8H2,1-2H3. The minimum Gasteiger partial charge on any atom is -0.512 e. The van der Waals surface area contributed by atoms with E-state index in [2.05, 4.69) is 0 Å². The lowest BCUT2D eigenvalue weighted by atomic mass is 9.65. The number of aliphatic hydroxyl groups excluding tert-OH is 2. The van der Waals surface area contributed by atoms with Gasteiger partial charge in [-0.05, 0) is 24.1 Å². The highest BCUT2D eigenvalue weighted by Crippen LogP contribution is 2.52. The first-order valence-corrected chi connectivity index (χ1v) is 9.70. The smallest absolute Gasteiger partial charge is 0.316 e. The number of Topliss-reactive ketones (excluding diaryl/α,β-unsaturated/α-hetero) is 2. The summed E-state index contributed by atoms with van der Waals surface area (Å²) in [5.74, 6) is -6.17. The highest BCUT2D eigenvalue weighted by molar-refractivity contribution is 6.19. The van der Waals surface area contributed by atoms with Crippen LogP contribution in [-0.2, 0) is 9.53 Å². The van der Waals surface area contributed by atoms with Gasteiger partial charge in [0.15, 0.2) is 11.6 Å². The molecule has 5 unspecified atom stereocenters. The number of esters is 1. The summed E-state index contributed by atoms with van der Waals surface area (Å²) < 4.78 is 4.85. The molecule has 5 atom stereocenters. The first-order valence-electron chi connectivity index (χ1n) is 9.70. The molecule has 0 spiro atoms. The Morgan fingerprint density at radius 2 is 1.97 bits per heavy atom. The van der Waals surface area contributed by atoms with E-state index in [1.54, 1.807) is 6.92 Å². The number of aliphatic hydroxyl groups is 3. The van der Waals surface area contributed by atoms with Crippen LogP contribution in [-0.4, -0.2) is 50.7 Å². The molecule has 1 aromatic carbocycles. The van der Waals surface area contributed by atoms with Crippen molar-refractivity contribution in [3.63, 3.8) is 0 Å². The number of allylic oxidation sites excluding steroid dienone is 4. The summed E-state index contributed by atoms with van der Waals surface area (Å²) in [6.07, 6.45) is 2.77. The monoisotopic (exact) mass is 414 g/mol. The Labute approximate surface area is 172 Å². The second-order valence-corrected chi connectivity index (χ2v) is 7.99. The van der Waals surface area contributed by atoms with E-state index >= 15 is 0 Å². The maximum Gasteiger partial charge on any atom is 0.316 e. The third-order valence-electron chi connectivity index (χ3n) is 6.51. The molecule has 4 N–H and O–H groups in total. The van der Waals surface area contributed by atoms with Crippen LogP contribution < -0.4 is 0 Å². The van der Waals surface area contributed by atoms with Gasteiger partial charge in [0, 0.05) is 17.5 Å². The fourth-order valence-electron chi connectivity index (χ4n) is 4.94. The molecule has 3 aliphatic rings. The molecule has 0 heterocycles. The van der Waals surface area contributed by atoms with Crippen molar-refractivity contribution in [3.05, 3.63) is 52.3 Å². The van der Waals surface area contributed by atoms with Gasteiger partial charge in [0.2, 0.25) is 0 Å². The number of hydrogen-bond acceptors (Lipinski definition) is 8. The van der Waals surface area contributed by atoms with Gasteiger partial charge >= 0.3 is 5.97 Å². The van der Waals surface area contributed by atoms with E-state index in [1.807, 2.05) is 0 Å². The topological polar surface area (TPSA) is 141 Å². The van der Waals surface area contributed by atoms with E-state index < -0.39 is 52.7 Å². The van der Waals surface area contributed by atoms with Crippen LogP contribution in [0.3, 0.4) is 0 Å². The molecule has 0 saturated carbocycles. The van der Waals surface area contributed by atoms with Gasteiger partial charge in [-0.15, -0.1) is 0 Å². The Balaban J connectivity index is 2.00. The van der Waals surface area contributed by atoms with Gasteiger partial charge in [-0.2, -0.15) is 0 Å². The number of ketones is 2. The Kier molecular flexibility index (Phi) is 4.59. The first kappa shape index (κ1) is 20.3.